The second kappa shape index (κ2) is 5.99. The van der Waals surface area contributed by atoms with Crippen LogP contribution in [-0.2, 0) is 16.1 Å². The first-order valence-electron chi connectivity index (χ1n) is 6.41. The number of methoxy groups -OCH3 is 1. The largest absolute Gasteiger partial charge is 0.380 e. The third-order valence-corrected chi connectivity index (χ3v) is 3.33. The van der Waals surface area contributed by atoms with Crippen LogP contribution in [0.5, 0.6) is 0 Å². The number of aromatic nitrogens is 1. The Bertz CT molecular complexity index is 512. The molecule has 0 radical (unpaired) electrons. The average Bonchev–Trinajstić information content (AvgIpc) is 2.90. The molecule has 1 saturated heterocycles. The van der Waals surface area contributed by atoms with Gasteiger partial charge in [-0.05, 0) is 19.4 Å². The molecule has 1 aromatic heterocycles. The van der Waals surface area contributed by atoms with Crippen molar-refractivity contribution in [2.45, 2.75) is 32.0 Å². The van der Waals surface area contributed by atoms with Crippen LogP contribution in [0.15, 0.2) is 23.1 Å². The highest BCUT2D eigenvalue weighted by Crippen LogP contribution is 2.12. The van der Waals surface area contributed by atoms with Gasteiger partial charge in [-0.2, -0.15) is 0 Å². The molecular formula is C13H19N3O3. The number of ether oxygens (including phenoxy) is 1. The van der Waals surface area contributed by atoms with Crippen LogP contribution in [0, 0.1) is 0 Å². The lowest BCUT2D eigenvalue weighted by molar-refractivity contribution is -0.118. The lowest BCUT2D eigenvalue weighted by Crippen LogP contribution is -2.35. The van der Waals surface area contributed by atoms with Gasteiger partial charge in [0.1, 0.15) is 0 Å². The first-order chi connectivity index (χ1) is 9.13. The Kier molecular flexibility index (Phi) is 4.34. The van der Waals surface area contributed by atoms with E-state index in [1.165, 1.54) is 6.07 Å². The van der Waals surface area contributed by atoms with Gasteiger partial charge in [0.05, 0.1) is 17.8 Å². The van der Waals surface area contributed by atoms with E-state index in [2.05, 4.69) is 10.6 Å². The van der Waals surface area contributed by atoms with Gasteiger partial charge >= 0.3 is 0 Å². The third kappa shape index (κ3) is 3.21. The van der Waals surface area contributed by atoms with Crippen molar-refractivity contribution in [1.82, 2.24) is 9.88 Å². The van der Waals surface area contributed by atoms with E-state index in [1.807, 2.05) is 6.92 Å². The summed E-state index contributed by atoms with van der Waals surface area (Å²) in [6, 6.07) is 2.83. The monoisotopic (exact) mass is 265 g/mol. The fraction of sp³-hybridized carbons (Fsp3) is 0.538. The Morgan fingerprint density at radius 2 is 2.37 bits per heavy atom. The number of nitrogens with one attached hydrogen (secondary N) is 2. The van der Waals surface area contributed by atoms with E-state index in [4.69, 9.17) is 4.74 Å². The van der Waals surface area contributed by atoms with E-state index >= 15 is 0 Å². The first kappa shape index (κ1) is 13.8. The minimum absolute atomic E-state index is 0.0704. The second-order valence-electron chi connectivity index (χ2n) is 4.59. The Balaban J connectivity index is 2.01. The summed E-state index contributed by atoms with van der Waals surface area (Å²) >= 11 is 0. The van der Waals surface area contributed by atoms with Crippen molar-refractivity contribution >= 4 is 11.6 Å². The third-order valence-electron chi connectivity index (χ3n) is 3.33. The molecule has 2 N–H and O–H groups in total. The van der Waals surface area contributed by atoms with Gasteiger partial charge in [0.25, 0.3) is 5.56 Å². The zero-order valence-electron chi connectivity index (χ0n) is 11.2. The molecule has 2 unspecified atom stereocenters. The molecule has 19 heavy (non-hydrogen) atoms. The summed E-state index contributed by atoms with van der Waals surface area (Å²) in [7, 11) is 1.64. The van der Waals surface area contributed by atoms with Gasteiger partial charge < -0.3 is 19.9 Å². The molecule has 1 aliphatic heterocycles. The molecule has 0 aromatic carbocycles. The maximum atomic E-state index is 12.0. The molecule has 1 amide bonds. The van der Waals surface area contributed by atoms with Crippen molar-refractivity contribution in [1.29, 1.82) is 0 Å². The fourth-order valence-corrected chi connectivity index (χ4v) is 2.16. The Morgan fingerprint density at radius 1 is 1.58 bits per heavy atom. The lowest BCUT2D eigenvalue weighted by Gasteiger charge is -2.12. The molecule has 2 heterocycles. The molecule has 0 bridgehead atoms. The van der Waals surface area contributed by atoms with Crippen LogP contribution in [0.2, 0.25) is 0 Å². The Hall–Kier alpha value is -1.66. The Morgan fingerprint density at radius 3 is 3.00 bits per heavy atom. The SMILES string of the molecule is CCn1cc(NC(=O)C2CC(OC)CN2)ccc1=O. The quantitative estimate of drug-likeness (QED) is 0.815. The number of anilines is 1. The van der Waals surface area contributed by atoms with Crippen molar-refractivity contribution in [3.63, 3.8) is 0 Å². The zero-order valence-corrected chi connectivity index (χ0v) is 11.2. The van der Waals surface area contributed by atoms with Gasteiger partial charge in [0.15, 0.2) is 0 Å². The molecule has 6 heteroatoms. The lowest BCUT2D eigenvalue weighted by atomic mass is 10.2. The van der Waals surface area contributed by atoms with Crippen LogP contribution >= 0.6 is 0 Å². The molecule has 0 saturated carbocycles. The standard InChI is InChI=1S/C13H19N3O3/c1-3-16-8-9(4-5-12(16)17)15-13(18)11-6-10(19-2)7-14-11/h4-5,8,10-11,14H,3,6-7H2,1-2H3,(H,15,18). The van der Waals surface area contributed by atoms with Crippen molar-refractivity contribution in [2.75, 3.05) is 19.0 Å². The topological polar surface area (TPSA) is 72.4 Å². The number of rotatable bonds is 4. The number of pyridine rings is 1. The molecule has 2 rings (SSSR count). The van der Waals surface area contributed by atoms with E-state index in [-0.39, 0.29) is 23.6 Å². The smallest absolute Gasteiger partial charge is 0.250 e. The van der Waals surface area contributed by atoms with Crippen LogP contribution in [0.4, 0.5) is 5.69 Å². The molecule has 104 valence electrons. The molecular weight excluding hydrogens is 246 g/mol. The van der Waals surface area contributed by atoms with Gasteiger partial charge in [0, 0.05) is 32.5 Å². The predicted octanol–water partition coefficient (Wildman–Crippen LogP) is 0.184. The van der Waals surface area contributed by atoms with Crippen molar-refractivity contribution in [2.24, 2.45) is 0 Å². The van der Waals surface area contributed by atoms with Crippen molar-refractivity contribution < 1.29 is 9.53 Å². The number of carbonyl (C=O) groups is 1. The summed E-state index contributed by atoms with van der Waals surface area (Å²) in [5.41, 5.74) is 0.563. The van der Waals surface area contributed by atoms with Gasteiger partial charge in [-0.15, -0.1) is 0 Å². The van der Waals surface area contributed by atoms with Crippen LogP contribution in [0.3, 0.4) is 0 Å². The van der Waals surface area contributed by atoms with E-state index in [1.54, 1.807) is 23.9 Å². The first-order valence-corrected chi connectivity index (χ1v) is 6.41. The minimum Gasteiger partial charge on any atom is -0.380 e. The molecule has 2 atom stereocenters. The summed E-state index contributed by atoms with van der Waals surface area (Å²) in [4.78, 5) is 23.5. The molecule has 0 spiro atoms. The summed E-state index contributed by atoms with van der Waals surface area (Å²) in [5.74, 6) is -0.0964. The summed E-state index contributed by atoms with van der Waals surface area (Å²) in [5, 5.41) is 5.93. The van der Waals surface area contributed by atoms with Crippen molar-refractivity contribution in [3.05, 3.63) is 28.7 Å². The van der Waals surface area contributed by atoms with Crippen molar-refractivity contribution in [3.8, 4) is 0 Å². The Labute approximate surface area is 111 Å². The highest BCUT2D eigenvalue weighted by atomic mass is 16.5. The van der Waals surface area contributed by atoms with E-state index < -0.39 is 0 Å². The van der Waals surface area contributed by atoms with E-state index in [0.717, 1.165) is 0 Å². The molecule has 1 fully saturated rings. The van der Waals surface area contributed by atoms with Crippen LogP contribution < -0.4 is 16.2 Å². The van der Waals surface area contributed by atoms with Gasteiger partial charge in [-0.1, -0.05) is 0 Å². The number of aryl methyl sites for hydroxylation is 1. The molecule has 1 aliphatic rings. The van der Waals surface area contributed by atoms with Gasteiger partial charge in [-0.3, -0.25) is 9.59 Å². The highest BCUT2D eigenvalue weighted by molar-refractivity contribution is 5.94. The van der Waals surface area contributed by atoms with Crippen LogP contribution in [0.25, 0.3) is 0 Å². The maximum absolute atomic E-state index is 12.0. The number of hydrogen-bond acceptors (Lipinski definition) is 4. The summed E-state index contributed by atoms with van der Waals surface area (Å²) in [6.45, 7) is 3.15. The summed E-state index contributed by atoms with van der Waals surface area (Å²) in [6.07, 6.45) is 2.40. The average molecular weight is 265 g/mol. The van der Waals surface area contributed by atoms with Crippen LogP contribution in [0.1, 0.15) is 13.3 Å². The summed E-state index contributed by atoms with van der Waals surface area (Å²) < 4.78 is 6.76. The molecule has 1 aromatic rings. The molecule has 6 nitrogen and oxygen atoms in total. The number of nitrogens with zero attached hydrogens (tertiary/aromatic N) is 1. The predicted molar refractivity (Wildman–Crippen MR) is 72.2 cm³/mol. The van der Waals surface area contributed by atoms with Gasteiger partial charge in [0.2, 0.25) is 5.91 Å². The highest BCUT2D eigenvalue weighted by Gasteiger charge is 2.29. The second-order valence-corrected chi connectivity index (χ2v) is 4.59. The van der Waals surface area contributed by atoms with Gasteiger partial charge in [-0.25, -0.2) is 0 Å². The fourth-order valence-electron chi connectivity index (χ4n) is 2.16. The number of amides is 1. The zero-order chi connectivity index (χ0) is 13.8. The number of hydrogen-bond donors (Lipinski definition) is 2. The van der Waals surface area contributed by atoms with Crippen LogP contribution in [-0.4, -0.2) is 36.3 Å². The van der Waals surface area contributed by atoms with E-state index in [9.17, 15) is 9.59 Å². The normalized spacial score (nSPS) is 22.4. The maximum Gasteiger partial charge on any atom is 0.250 e. The number of carbonyl (C=O) groups excluding carboxylic acids is 1. The molecule has 0 aliphatic carbocycles. The minimum atomic E-state index is -0.244. The van der Waals surface area contributed by atoms with E-state index in [0.29, 0.717) is 25.2 Å².